The Morgan fingerprint density at radius 1 is 1.47 bits per heavy atom. The highest BCUT2D eigenvalue weighted by molar-refractivity contribution is 5.78. The number of carboxylic acids is 1. The summed E-state index contributed by atoms with van der Waals surface area (Å²) in [6.45, 7) is 4.00. The van der Waals surface area contributed by atoms with E-state index in [1.165, 1.54) is 0 Å². The molecule has 1 heterocycles. The molecule has 1 saturated heterocycles. The van der Waals surface area contributed by atoms with Crippen molar-refractivity contribution in [1.82, 2.24) is 4.90 Å². The van der Waals surface area contributed by atoms with Crippen molar-refractivity contribution in [1.29, 1.82) is 0 Å². The summed E-state index contributed by atoms with van der Waals surface area (Å²) in [5, 5.41) is 8.39. The fourth-order valence-corrected chi connectivity index (χ4v) is 1.76. The summed E-state index contributed by atoms with van der Waals surface area (Å²) < 4.78 is 10.0. The van der Waals surface area contributed by atoms with E-state index in [4.69, 9.17) is 14.6 Å². The van der Waals surface area contributed by atoms with Gasteiger partial charge in [-0.3, -0.25) is 4.79 Å². The molecule has 1 rings (SSSR count). The minimum absolute atomic E-state index is 0.166. The number of amides is 1. The molecule has 0 aromatic carbocycles. The first-order valence-corrected chi connectivity index (χ1v) is 5.78. The minimum atomic E-state index is -1.06. The predicted octanol–water partition coefficient (Wildman–Crippen LogP) is -0.0274. The second-order valence-corrected chi connectivity index (χ2v) is 4.05. The Kier molecular flexibility index (Phi) is 5.93. The zero-order chi connectivity index (χ0) is 12.7. The van der Waals surface area contributed by atoms with Gasteiger partial charge in [0.1, 0.15) is 13.2 Å². The molecule has 0 spiro atoms. The smallest absolute Gasteiger partial charge is 0.329 e. The number of hydrogen-bond donors (Lipinski definition) is 1. The van der Waals surface area contributed by atoms with E-state index in [-0.39, 0.29) is 12.5 Å². The number of aliphatic carboxylic acids is 1. The van der Waals surface area contributed by atoms with Gasteiger partial charge in [-0.2, -0.15) is 0 Å². The van der Waals surface area contributed by atoms with Gasteiger partial charge < -0.3 is 19.5 Å². The van der Waals surface area contributed by atoms with Crippen LogP contribution in [0.3, 0.4) is 0 Å². The van der Waals surface area contributed by atoms with Gasteiger partial charge in [-0.15, -0.1) is 0 Å². The van der Waals surface area contributed by atoms with Crippen LogP contribution in [0.2, 0.25) is 0 Å². The molecule has 0 aliphatic carbocycles. The molecule has 1 unspecified atom stereocenters. The maximum Gasteiger partial charge on any atom is 0.329 e. The summed E-state index contributed by atoms with van der Waals surface area (Å²) in [5.41, 5.74) is 0. The van der Waals surface area contributed by atoms with E-state index in [0.29, 0.717) is 25.6 Å². The van der Waals surface area contributed by atoms with Crippen molar-refractivity contribution in [2.24, 2.45) is 5.92 Å². The van der Waals surface area contributed by atoms with Crippen molar-refractivity contribution in [3.05, 3.63) is 0 Å². The van der Waals surface area contributed by atoms with Crippen LogP contribution in [-0.4, -0.2) is 61.4 Å². The fourth-order valence-electron chi connectivity index (χ4n) is 1.76. The standard InChI is InChI=1S/C11H19NO5/c1-2-12(5-9-3-4-16-6-9)10(13)7-17-8-11(14)15/h9H,2-8H2,1H3,(H,14,15). The van der Waals surface area contributed by atoms with Crippen molar-refractivity contribution >= 4 is 11.9 Å². The van der Waals surface area contributed by atoms with Gasteiger partial charge in [-0.25, -0.2) is 4.79 Å². The van der Waals surface area contributed by atoms with Gasteiger partial charge in [0.05, 0.1) is 6.61 Å². The van der Waals surface area contributed by atoms with Crippen LogP contribution in [0.15, 0.2) is 0 Å². The van der Waals surface area contributed by atoms with Gasteiger partial charge in [0, 0.05) is 25.6 Å². The zero-order valence-corrected chi connectivity index (χ0v) is 10.1. The Hall–Kier alpha value is -1.14. The average molecular weight is 245 g/mol. The van der Waals surface area contributed by atoms with Crippen LogP contribution in [0.25, 0.3) is 0 Å². The highest BCUT2D eigenvalue weighted by atomic mass is 16.5. The lowest BCUT2D eigenvalue weighted by molar-refractivity contribution is -0.146. The number of carbonyl (C=O) groups is 2. The Labute approximate surface area is 100 Å². The minimum Gasteiger partial charge on any atom is -0.480 e. The molecule has 1 N–H and O–H groups in total. The maximum atomic E-state index is 11.7. The van der Waals surface area contributed by atoms with Gasteiger partial charge in [-0.1, -0.05) is 0 Å². The van der Waals surface area contributed by atoms with Crippen molar-refractivity contribution < 1.29 is 24.2 Å². The number of ether oxygens (including phenoxy) is 2. The average Bonchev–Trinajstić information content (AvgIpc) is 2.77. The normalized spacial score (nSPS) is 19.2. The fraction of sp³-hybridized carbons (Fsp3) is 0.818. The second-order valence-electron chi connectivity index (χ2n) is 4.05. The Morgan fingerprint density at radius 2 is 2.24 bits per heavy atom. The molecule has 1 amide bonds. The Morgan fingerprint density at radius 3 is 2.76 bits per heavy atom. The summed E-state index contributed by atoms with van der Waals surface area (Å²) in [5.74, 6) is -0.843. The molecule has 17 heavy (non-hydrogen) atoms. The van der Waals surface area contributed by atoms with Gasteiger partial charge in [0.25, 0.3) is 0 Å². The van der Waals surface area contributed by atoms with Crippen LogP contribution in [-0.2, 0) is 19.1 Å². The van der Waals surface area contributed by atoms with E-state index < -0.39 is 12.6 Å². The largest absolute Gasteiger partial charge is 0.480 e. The summed E-state index contributed by atoms with van der Waals surface area (Å²) in [7, 11) is 0. The molecule has 0 radical (unpaired) electrons. The molecule has 0 bridgehead atoms. The third-order valence-electron chi connectivity index (χ3n) is 2.69. The third-order valence-corrected chi connectivity index (χ3v) is 2.69. The lowest BCUT2D eigenvalue weighted by Gasteiger charge is -2.23. The Balaban J connectivity index is 2.27. The number of rotatable bonds is 7. The molecule has 1 aliphatic heterocycles. The summed E-state index contributed by atoms with van der Waals surface area (Å²) in [6, 6.07) is 0. The van der Waals surface area contributed by atoms with Crippen LogP contribution < -0.4 is 0 Å². The van der Waals surface area contributed by atoms with Gasteiger partial charge in [0.15, 0.2) is 0 Å². The molecule has 1 atom stereocenters. The highest BCUT2D eigenvalue weighted by Crippen LogP contribution is 2.13. The molecule has 0 aromatic heterocycles. The topological polar surface area (TPSA) is 76.1 Å². The molecule has 98 valence electrons. The molecular weight excluding hydrogens is 226 g/mol. The number of likely N-dealkylation sites (N-methyl/N-ethyl adjacent to an activating group) is 1. The van der Waals surface area contributed by atoms with Gasteiger partial charge >= 0.3 is 5.97 Å². The van der Waals surface area contributed by atoms with E-state index >= 15 is 0 Å². The van der Waals surface area contributed by atoms with E-state index in [0.717, 1.165) is 13.0 Å². The number of carbonyl (C=O) groups excluding carboxylic acids is 1. The lowest BCUT2D eigenvalue weighted by Crippen LogP contribution is -2.38. The number of hydrogen-bond acceptors (Lipinski definition) is 4. The summed E-state index contributed by atoms with van der Waals surface area (Å²) in [6.07, 6.45) is 0.972. The third kappa shape index (κ3) is 5.14. The van der Waals surface area contributed by atoms with Crippen molar-refractivity contribution in [3.63, 3.8) is 0 Å². The van der Waals surface area contributed by atoms with Gasteiger partial charge in [0.2, 0.25) is 5.91 Å². The van der Waals surface area contributed by atoms with E-state index in [2.05, 4.69) is 0 Å². The van der Waals surface area contributed by atoms with Crippen LogP contribution in [0.1, 0.15) is 13.3 Å². The number of carboxylic acid groups (broad SMARTS) is 1. The first kappa shape index (κ1) is 13.9. The van der Waals surface area contributed by atoms with Crippen molar-refractivity contribution in [2.75, 3.05) is 39.5 Å². The van der Waals surface area contributed by atoms with Gasteiger partial charge in [-0.05, 0) is 13.3 Å². The summed E-state index contributed by atoms with van der Waals surface area (Å²) in [4.78, 5) is 23.6. The van der Waals surface area contributed by atoms with Crippen LogP contribution in [0.4, 0.5) is 0 Å². The van der Waals surface area contributed by atoms with Crippen molar-refractivity contribution in [2.45, 2.75) is 13.3 Å². The monoisotopic (exact) mass is 245 g/mol. The predicted molar refractivity (Wildman–Crippen MR) is 59.6 cm³/mol. The first-order chi connectivity index (χ1) is 8.13. The lowest BCUT2D eigenvalue weighted by atomic mass is 10.1. The highest BCUT2D eigenvalue weighted by Gasteiger charge is 2.21. The molecule has 1 aliphatic rings. The maximum absolute atomic E-state index is 11.7. The molecule has 0 aromatic rings. The molecule has 6 nitrogen and oxygen atoms in total. The SMILES string of the molecule is CCN(CC1CCOC1)C(=O)COCC(=O)O. The van der Waals surface area contributed by atoms with Crippen LogP contribution in [0, 0.1) is 5.92 Å². The Bertz CT molecular complexity index is 263. The molecule has 0 saturated carbocycles. The van der Waals surface area contributed by atoms with E-state index in [1.54, 1.807) is 4.90 Å². The molecular formula is C11H19NO5. The zero-order valence-electron chi connectivity index (χ0n) is 10.1. The second kappa shape index (κ2) is 7.24. The molecule has 1 fully saturated rings. The number of nitrogens with zero attached hydrogens (tertiary/aromatic N) is 1. The quantitative estimate of drug-likeness (QED) is 0.681. The molecule has 6 heteroatoms. The van der Waals surface area contributed by atoms with Crippen LogP contribution in [0.5, 0.6) is 0 Å². The summed E-state index contributed by atoms with van der Waals surface area (Å²) >= 11 is 0. The van der Waals surface area contributed by atoms with Crippen molar-refractivity contribution in [3.8, 4) is 0 Å². The first-order valence-electron chi connectivity index (χ1n) is 5.78. The van der Waals surface area contributed by atoms with E-state index in [1.807, 2.05) is 6.92 Å². The van der Waals surface area contributed by atoms with E-state index in [9.17, 15) is 9.59 Å². The van der Waals surface area contributed by atoms with Crippen LogP contribution >= 0.6 is 0 Å².